The summed E-state index contributed by atoms with van der Waals surface area (Å²) in [5.41, 5.74) is 6.18. The van der Waals surface area contributed by atoms with Crippen LogP contribution in [0.3, 0.4) is 0 Å². The Morgan fingerprint density at radius 3 is 2.50 bits per heavy atom. The maximum Gasteiger partial charge on any atom is 0.338 e. The summed E-state index contributed by atoms with van der Waals surface area (Å²) in [6.07, 6.45) is 4.64. The summed E-state index contributed by atoms with van der Waals surface area (Å²) in [7, 11) is 1.99. The topological polar surface area (TPSA) is 84.1 Å². The first kappa shape index (κ1) is 21.5. The zero-order valence-electron chi connectivity index (χ0n) is 18.8. The summed E-state index contributed by atoms with van der Waals surface area (Å²) >= 11 is 0. The number of benzene rings is 2. The molecule has 7 nitrogen and oxygen atoms in total. The Kier molecular flexibility index (Phi) is 5.90. The van der Waals surface area contributed by atoms with Crippen molar-refractivity contribution in [3.05, 3.63) is 76.6 Å². The Morgan fingerprint density at radius 1 is 1.09 bits per heavy atom. The van der Waals surface area contributed by atoms with E-state index in [0.717, 1.165) is 36.1 Å². The molecule has 0 radical (unpaired) electrons. The standard InChI is InChI=1S/C25H27N5O2/c1-5-29(4)23-21-13-18(9-11-20-16(2)7-6-8-17(20)3)10-12-22(21)27-25(28-23)30-15-19(14-26-30)24(31)32/h6-8,10,12-15H,5,9,11H2,1-4H3,(H,31,32). The number of nitrogens with zero attached hydrogens (tertiary/aromatic N) is 5. The number of hydrogen-bond donors (Lipinski definition) is 1. The predicted molar refractivity (Wildman–Crippen MR) is 126 cm³/mol. The molecule has 0 spiro atoms. The third-order valence-electron chi connectivity index (χ3n) is 5.91. The van der Waals surface area contributed by atoms with Crippen molar-refractivity contribution in [2.75, 3.05) is 18.5 Å². The number of aromatic carboxylic acids is 1. The highest BCUT2D eigenvalue weighted by atomic mass is 16.4. The van der Waals surface area contributed by atoms with Gasteiger partial charge in [-0.05, 0) is 68.0 Å². The lowest BCUT2D eigenvalue weighted by molar-refractivity contribution is 0.0697. The van der Waals surface area contributed by atoms with Gasteiger partial charge in [0.25, 0.3) is 5.95 Å². The summed E-state index contributed by atoms with van der Waals surface area (Å²) in [4.78, 5) is 22.7. The number of fused-ring (bicyclic) bond motifs is 1. The molecule has 0 unspecified atom stereocenters. The van der Waals surface area contributed by atoms with Crippen LogP contribution in [0.4, 0.5) is 5.82 Å². The molecule has 0 atom stereocenters. The molecule has 4 aromatic rings. The zero-order chi connectivity index (χ0) is 22.8. The highest BCUT2D eigenvalue weighted by molar-refractivity contribution is 5.91. The molecular formula is C25H27N5O2. The number of carboxylic acids is 1. The van der Waals surface area contributed by atoms with Gasteiger partial charge in [-0.15, -0.1) is 0 Å². The third kappa shape index (κ3) is 4.19. The van der Waals surface area contributed by atoms with Crippen LogP contribution in [-0.2, 0) is 12.8 Å². The van der Waals surface area contributed by atoms with E-state index >= 15 is 0 Å². The number of aromatic nitrogens is 4. The maximum atomic E-state index is 11.2. The molecule has 1 N–H and O–H groups in total. The van der Waals surface area contributed by atoms with Crippen molar-refractivity contribution in [1.82, 2.24) is 19.7 Å². The molecule has 0 aliphatic heterocycles. The van der Waals surface area contributed by atoms with Crippen LogP contribution in [0, 0.1) is 13.8 Å². The fourth-order valence-electron chi connectivity index (χ4n) is 3.90. The van der Waals surface area contributed by atoms with Crippen LogP contribution < -0.4 is 4.90 Å². The maximum absolute atomic E-state index is 11.2. The lowest BCUT2D eigenvalue weighted by Gasteiger charge is -2.19. The average molecular weight is 430 g/mol. The molecule has 2 aromatic heterocycles. The van der Waals surface area contributed by atoms with Gasteiger partial charge in [-0.3, -0.25) is 0 Å². The number of carbonyl (C=O) groups is 1. The lowest BCUT2D eigenvalue weighted by atomic mass is 9.96. The first-order chi connectivity index (χ1) is 15.4. The summed E-state index contributed by atoms with van der Waals surface area (Å²) in [5, 5.41) is 14.3. The van der Waals surface area contributed by atoms with Gasteiger partial charge in [-0.25, -0.2) is 14.5 Å². The lowest BCUT2D eigenvalue weighted by Crippen LogP contribution is -2.19. The van der Waals surface area contributed by atoms with Crippen molar-refractivity contribution in [3.8, 4) is 5.95 Å². The van der Waals surface area contributed by atoms with Crippen LogP contribution in [0.2, 0.25) is 0 Å². The molecular weight excluding hydrogens is 402 g/mol. The Labute approximate surface area is 187 Å². The molecule has 0 aliphatic carbocycles. The van der Waals surface area contributed by atoms with Crippen LogP contribution in [-0.4, -0.2) is 44.4 Å². The number of anilines is 1. The number of aryl methyl sites for hydroxylation is 3. The molecule has 32 heavy (non-hydrogen) atoms. The van der Waals surface area contributed by atoms with Crippen molar-refractivity contribution in [2.45, 2.75) is 33.6 Å². The van der Waals surface area contributed by atoms with E-state index in [9.17, 15) is 9.90 Å². The van der Waals surface area contributed by atoms with E-state index in [1.807, 2.05) is 13.1 Å². The normalized spacial score (nSPS) is 11.1. The summed E-state index contributed by atoms with van der Waals surface area (Å²) in [5.74, 6) is 0.119. The van der Waals surface area contributed by atoms with Crippen LogP contribution in [0.1, 0.15) is 39.5 Å². The summed E-state index contributed by atoms with van der Waals surface area (Å²) in [6, 6.07) is 12.7. The van der Waals surface area contributed by atoms with E-state index in [1.165, 1.54) is 39.3 Å². The molecule has 2 aromatic carbocycles. The van der Waals surface area contributed by atoms with Gasteiger partial charge in [-0.2, -0.15) is 10.1 Å². The van der Waals surface area contributed by atoms with E-state index in [1.54, 1.807) is 0 Å². The largest absolute Gasteiger partial charge is 0.478 e. The van der Waals surface area contributed by atoms with Crippen molar-refractivity contribution < 1.29 is 9.90 Å². The van der Waals surface area contributed by atoms with Crippen molar-refractivity contribution in [3.63, 3.8) is 0 Å². The Bertz CT molecular complexity index is 1270. The zero-order valence-corrected chi connectivity index (χ0v) is 18.8. The molecule has 0 saturated carbocycles. The summed E-state index contributed by atoms with van der Waals surface area (Å²) < 4.78 is 1.41. The average Bonchev–Trinajstić information content (AvgIpc) is 3.28. The fraction of sp³-hybridized carbons (Fsp3) is 0.280. The van der Waals surface area contributed by atoms with Crippen LogP contribution >= 0.6 is 0 Å². The highest BCUT2D eigenvalue weighted by Gasteiger charge is 2.15. The first-order valence-corrected chi connectivity index (χ1v) is 10.7. The molecule has 0 amide bonds. The smallest absolute Gasteiger partial charge is 0.338 e. The van der Waals surface area contributed by atoms with E-state index in [2.05, 4.69) is 66.1 Å². The molecule has 2 heterocycles. The highest BCUT2D eigenvalue weighted by Crippen LogP contribution is 2.26. The first-order valence-electron chi connectivity index (χ1n) is 10.7. The van der Waals surface area contributed by atoms with Gasteiger partial charge in [0.2, 0.25) is 0 Å². The molecule has 7 heteroatoms. The molecule has 0 bridgehead atoms. The van der Waals surface area contributed by atoms with Gasteiger partial charge in [0.1, 0.15) is 5.82 Å². The minimum absolute atomic E-state index is 0.0981. The van der Waals surface area contributed by atoms with E-state index in [-0.39, 0.29) is 5.56 Å². The molecule has 164 valence electrons. The van der Waals surface area contributed by atoms with Gasteiger partial charge in [-0.1, -0.05) is 24.3 Å². The van der Waals surface area contributed by atoms with E-state index in [0.29, 0.717) is 5.95 Å². The van der Waals surface area contributed by atoms with Crippen LogP contribution in [0.25, 0.3) is 16.9 Å². The quantitative estimate of drug-likeness (QED) is 0.470. The minimum atomic E-state index is -1.03. The number of carboxylic acid groups (broad SMARTS) is 1. The Hall–Kier alpha value is -3.74. The number of hydrogen-bond acceptors (Lipinski definition) is 5. The Balaban J connectivity index is 1.72. The van der Waals surface area contributed by atoms with Gasteiger partial charge >= 0.3 is 5.97 Å². The second kappa shape index (κ2) is 8.78. The SMILES string of the molecule is CCN(C)c1nc(-n2cc(C(=O)O)cn2)nc2ccc(CCc3c(C)cccc3C)cc12. The molecule has 0 aliphatic rings. The molecule has 0 saturated heterocycles. The molecule has 4 rings (SSSR count). The second-order valence-electron chi connectivity index (χ2n) is 8.06. The second-order valence-corrected chi connectivity index (χ2v) is 8.06. The third-order valence-corrected chi connectivity index (χ3v) is 5.91. The van der Waals surface area contributed by atoms with Crippen molar-refractivity contribution >= 4 is 22.7 Å². The fourth-order valence-corrected chi connectivity index (χ4v) is 3.90. The van der Waals surface area contributed by atoms with Crippen molar-refractivity contribution in [1.29, 1.82) is 0 Å². The van der Waals surface area contributed by atoms with Crippen LogP contribution in [0.5, 0.6) is 0 Å². The predicted octanol–water partition coefficient (Wildman–Crippen LogP) is 4.37. The minimum Gasteiger partial charge on any atom is -0.478 e. The van der Waals surface area contributed by atoms with Gasteiger partial charge < -0.3 is 10.0 Å². The van der Waals surface area contributed by atoms with E-state index < -0.39 is 5.97 Å². The molecule has 0 fully saturated rings. The van der Waals surface area contributed by atoms with Gasteiger partial charge in [0.05, 0.1) is 17.3 Å². The monoisotopic (exact) mass is 429 g/mol. The van der Waals surface area contributed by atoms with E-state index in [4.69, 9.17) is 4.98 Å². The Morgan fingerprint density at radius 2 is 1.84 bits per heavy atom. The van der Waals surface area contributed by atoms with Gasteiger partial charge in [0.15, 0.2) is 0 Å². The number of rotatable bonds is 7. The summed E-state index contributed by atoms with van der Waals surface area (Å²) in [6.45, 7) is 7.17. The van der Waals surface area contributed by atoms with Crippen molar-refractivity contribution in [2.24, 2.45) is 0 Å². The van der Waals surface area contributed by atoms with Gasteiger partial charge in [0, 0.05) is 25.2 Å². The van der Waals surface area contributed by atoms with Crippen LogP contribution in [0.15, 0.2) is 48.8 Å².